The predicted molar refractivity (Wildman–Crippen MR) is 106 cm³/mol. The first-order chi connectivity index (χ1) is 15.4. The van der Waals surface area contributed by atoms with Crippen molar-refractivity contribution in [3.8, 4) is 23.5 Å². The minimum Gasteiger partial charge on any atom is -0.494 e. The summed E-state index contributed by atoms with van der Waals surface area (Å²) in [6.45, 7) is 3.59. The van der Waals surface area contributed by atoms with E-state index < -0.39 is 52.2 Å². The highest BCUT2D eigenvalue weighted by Gasteiger charge is 2.66. The number of carbonyl (C=O) groups is 1. The second kappa shape index (κ2) is 6.67. The molecule has 33 heavy (non-hydrogen) atoms. The van der Waals surface area contributed by atoms with Crippen molar-refractivity contribution in [2.24, 2.45) is 11.8 Å². The average molecular weight is 462 g/mol. The van der Waals surface area contributed by atoms with E-state index in [0.717, 1.165) is 23.5 Å². The average Bonchev–Trinajstić information content (AvgIpc) is 3.41. The predicted octanol–water partition coefficient (Wildman–Crippen LogP) is 4.21. The van der Waals surface area contributed by atoms with Crippen LogP contribution in [-0.2, 0) is 31.6 Å². The molecular weight excluding hydrogens is 441 g/mol. The molecular formula is C23H21F3N2O5. The number of hydrogen-bond acceptors (Lipinski definition) is 6. The summed E-state index contributed by atoms with van der Waals surface area (Å²) in [5, 5.41) is 31.1. The van der Waals surface area contributed by atoms with E-state index in [2.05, 4.69) is 0 Å². The Hall–Kier alpha value is -3.19. The summed E-state index contributed by atoms with van der Waals surface area (Å²) in [5.41, 5.74) is -4.02. The lowest BCUT2D eigenvalue weighted by Gasteiger charge is -2.28. The molecule has 5 rings (SSSR count). The summed E-state index contributed by atoms with van der Waals surface area (Å²) in [6.07, 6.45) is -2.60. The number of hydrogen-bond donors (Lipinski definition) is 2. The zero-order valence-corrected chi connectivity index (χ0v) is 17.9. The minimum absolute atomic E-state index is 0.153. The van der Waals surface area contributed by atoms with Crippen molar-refractivity contribution in [3.63, 3.8) is 0 Å². The topological polar surface area (TPSA) is 105 Å². The fraction of sp³-hybridized carbons (Fsp3) is 0.478. The van der Waals surface area contributed by atoms with Gasteiger partial charge in [0.25, 0.3) is 0 Å². The standard InChI is InChI=1S/C23H21F3N2O5/c1-21-8-15(20(31)32-10-11-3-4-11)22(2,33-21)17-16(21)18(29)28(19(17)30)13-6-5-12(9-27)14(7-13)23(24,25)26/h5-7,11,15,29-30H,3-4,8,10H2,1-2H3/t15-,21-,22+/m1/s1. The Balaban J connectivity index is 1.60. The number of rotatable bonds is 4. The molecule has 3 atom stereocenters. The van der Waals surface area contributed by atoms with Crippen molar-refractivity contribution in [3.05, 3.63) is 40.5 Å². The van der Waals surface area contributed by atoms with Crippen LogP contribution in [0.4, 0.5) is 13.2 Å². The minimum atomic E-state index is -4.81. The van der Waals surface area contributed by atoms with Gasteiger partial charge in [-0.15, -0.1) is 0 Å². The molecule has 3 heterocycles. The number of ether oxygens (including phenoxy) is 2. The van der Waals surface area contributed by atoms with Gasteiger partial charge in [-0.2, -0.15) is 18.4 Å². The van der Waals surface area contributed by atoms with Gasteiger partial charge in [-0.3, -0.25) is 9.36 Å². The second-order valence-electron chi connectivity index (χ2n) is 9.34. The monoisotopic (exact) mass is 462 g/mol. The van der Waals surface area contributed by atoms with E-state index in [-0.39, 0.29) is 23.2 Å². The molecule has 2 bridgehead atoms. The van der Waals surface area contributed by atoms with Crippen LogP contribution in [-0.4, -0.2) is 27.4 Å². The van der Waals surface area contributed by atoms with Crippen LogP contribution in [0.15, 0.2) is 18.2 Å². The van der Waals surface area contributed by atoms with E-state index in [1.54, 1.807) is 13.8 Å². The molecule has 0 unspecified atom stereocenters. The molecule has 10 heteroatoms. The van der Waals surface area contributed by atoms with Crippen molar-refractivity contribution in [2.45, 2.75) is 50.5 Å². The van der Waals surface area contributed by atoms with Crippen LogP contribution >= 0.6 is 0 Å². The molecule has 174 valence electrons. The van der Waals surface area contributed by atoms with Gasteiger partial charge in [-0.25, -0.2) is 0 Å². The molecule has 7 nitrogen and oxygen atoms in total. The maximum atomic E-state index is 13.5. The van der Waals surface area contributed by atoms with E-state index in [0.29, 0.717) is 18.6 Å². The molecule has 2 aromatic rings. The van der Waals surface area contributed by atoms with Gasteiger partial charge in [0, 0.05) is 0 Å². The second-order valence-corrected chi connectivity index (χ2v) is 9.34. The SMILES string of the molecule is C[C@]12C[C@H](C(=O)OCC3CC3)[C@](C)(O1)c1c2c(O)n(-c2ccc(C#N)c(C(F)(F)F)c2)c1O. The van der Waals surface area contributed by atoms with Gasteiger partial charge in [-0.05, 0) is 57.2 Å². The highest BCUT2D eigenvalue weighted by Crippen LogP contribution is 2.66. The Bertz CT molecular complexity index is 1230. The van der Waals surface area contributed by atoms with E-state index >= 15 is 0 Å². The lowest BCUT2D eigenvalue weighted by Crippen LogP contribution is -2.35. The summed E-state index contributed by atoms with van der Waals surface area (Å²) in [6, 6.07) is 4.38. The lowest BCUT2D eigenvalue weighted by atomic mass is 9.72. The Morgan fingerprint density at radius 1 is 1.27 bits per heavy atom. The molecule has 3 aliphatic rings. The number of nitriles is 1. The van der Waals surface area contributed by atoms with Crippen LogP contribution in [0.1, 0.15) is 55.4 Å². The van der Waals surface area contributed by atoms with Crippen molar-refractivity contribution in [1.82, 2.24) is 4.57 Å². The molecule has 0 radical (unpaired) electrons. The Labute approximate surface area is 187 Å². The number of alkyl halides is 3. The molecule has 1 aromatic carbocycles. The number of fused-ring (bicyclic) bond motifs is 5. The number of nitrogens with zero attached hydrogens (tertiary/aromatic N) is 2. The van der Waals surface area contributed by atoms with Crippen molar-refractivity contribution in [2.75, 3.05) is 6.61 Å². The Kier molecular flexibility index (Phi) is 4.37. The third-order valence-electron chi connectivity index (χ3n) is 6.97. The number of aromatic hydroxyl groups is 2. The van der Waals surface area contributed by atoms with Crippen LogP contribution in [0.25, 0.3) is 5.69 Å². The van der Waals surface area contributed by atoms with E-state index in [1.165, 1.54) is 12.1 Å². The number of benzene rings is 1. The van der Waals surface area contributed by atoms with Gasteiger partial charge < -0.3 is 19.7 Å². The first-order valence-corrected chi connectivity index (χ1v) is 10.6. The quantitative estimate of drug-likeness (QED) is 0.660. The molecule has 1 saturated heterocycles. The molecule has 2 aliphatic heterocycles. The smallest absolute Gasteiger partial charge is 0.417 e. The number of esters is 1. The first kappa shape index (κ1) is 21.6. The van der Waals surface area contributed by atoms with E-state index in [1.807, 2.05) is 0 Å². The number of halogens is 3. The van der Waals surface area contributed by atoms with Crippen LogP contribution in [0.3, 0.4) is 0 Å². The fourth-order valence-electron chi connectivity index (χ4n) is 5.20. The van der Waals surface area contributed by atoms with Gasteiger partial charge >= 0.3 is 12.1 Å². The first-order valence-electron chi connectivity index (χ1n) is 10.6. The summed E-state index contributed by atoms with van der Waals surface area (Å²) in [4.78, 5) is 12.8. The van der Waals surface area contributed by atoms with Gasteiger partial charge in [0.1, 0.15) is 5.60 Å². The van der Waals surface area contributed by atoms with Crippen LogP contribution in [0.2, 0.25) is 0 Å². The van der Waals surface area contributed by atoms with Crippen LogP contribution in [0, 0.1) is 23.2 Å². The number of carbonyl (C=O) groups excluding carboxylic acids is 1. The number of aromatic nitrogens is 1. The molecule has 2 fully saturated rings. The summed E-state index contributed by atoms with van der Waals surface area (Å²) in [5.74, 6) is -1.85. The molecule has 1 aromatic heterocycles. The molecule has 1 saturated carbocycles. The van der Waals surface area contributed by atoms with Crippen molar-refractivity contribution >= 4 is 5.97 Å². The third-order valence-corrected chi connectivity index (χ3v) is 6.97. The van der Waals surface area contributed by atoms with Gasteiger partial charge in [0.2, 0.25) is 11.8 Å². The van der Waals surface area contributed by atoms with Crippen molar-refractivity contribution < 1.29 is 37.7 Å². The molecule has 0 amide bonds. The van der Waals surface area contributed by atoms with Gasteiger partial charge in [-0.1, -0.05) is 0 Å². The molecule has 0 spiro atoms. The maximum absolute atomic E-state index is 13.5. The summed E-state index contributed by atoms with van der Waals surface area (Å²) >= 11 is 0. The maximum Gasteiger partial charge on any atom is 0.417 e. The fourth-order valence-corrected chi connectivity index (χ4v) is 5.20. The van der Waals surface area contributed by atoms with Crippen LogP contribution in [0.5, 0.6) is 11.8 Å². The van der Waals surface area contributed by atoms with Crippen LogP contribution < -0.4 is 0 Å². The zero-order chi connectivity index (χ0) is 23.9. The molecule has 2 N–H and O–H groups in total. The van der Waals surface area contributed by atoms with E-state index in [9.17, 15) is 28.2 Å². The van der Waals surface area contributed by atoms with Gasteiger partial charge in [0.15, 0.2) is 0 Å². The van der Waals surface area contributed by atoms with Gasteiger partial charge in [0.05, 0.1) is 52.1 Å². The van der Waals surface area contributed by atoms with E-state index in [4.69, 9.17) is 14.7 Å². The Morgan fingerprint density at radius 3 is 2.55 bits per heavy atom. The summed E-state index contributed by atoms with van der Waals surface area (Å²) in [7, 11) is 0. The van der Waals surface area contributed by atoms with Crippen molar-refractivity contribution in [1.29, 1.82) is 5.26 Å². The highest BCUT2D eigenvalue weighted by molar-refractivity contribution is 5.78. The highest BCUT2D eigenvalue weighted by atomic mass is 19.4. The summed E-state index contributed by atoms with van der Waals surface area (Å²) < 4.78 is 52.9. The third kappa shape index (κ3) is 3.02. The Morgan fingerprint density at radius 2 is 1.94 bits per heavy atom. The molecule has 1 aliphatic carbocycles. The zero-order valence-electron chi connectivity index (χ0n) is 17.9. The normalized spacial score (nSPS) is 27.9. The largest absolute Gasteiger partial charge is 0.494 e. The lowest BCUT2D eigenvalue weighted by molar-refractivity contribution is -0.156.